The van der Waals surface area contributed by atoms with Crippen LogP contribution in [0.2, 0.25) is 0 Å². The first-order valence-corrected chi connectivity index (χ1v) is 4.57. The SMILES string of the molecule is Cc1[c]c2c(C)cccc(C)c-2c1. The molecule has 0 spiro atoms. The molecule has 0 heteroatoms. The van der Waals surface area contributed by atoms with E-state index in [1.807, 2.05) is 0 Å². The minimum Gasteiger partial charge on any atom is -0.0617 e. The van der Waals surface area contributed by atoms with Gasteiger partial charge in [-0.1, -0.05) is 24.3 Å². The van der Waals surface area contributed by atoms with Crippen molar-refractivity contribution >= 4 is 0 Å². The van der Waals surface area contributed by atoms with Gasteiger partial charge in [0.15, 0.2) is 0 Å². The van der Waals surface area contributed by atoms with E-state index >= 15 is 0 Å². The summed E-state index contributed by atoms with van der Waals surface area (Å²) in [6.07, 6.45) is 0. The summed E-state index contributed by atoms with van der Waals surface area (Å²) in [6, 6.07) is 12.0. The topological polar surface area (TPSA) is 0 Å². The van der Waals surface area contributed by atoms with Gasteiger partial charge in [-0.15, -0.1) is 0 Å². The highest BCUT2D eigenvalue weighted by Crippen LogP contribution is 2.29. The highest BCUT2D eigenvalue weighted by molar-refractivity contribution is 5.73. The fraction of sp³-hybridized carbons (Fsp3) is 0.231. The second kappa shape index (κ2) is 2.88. The third-order valence-electron chi connectivity index (χ3n) is 2.46. The first-order valence-electron chi connectivity index (χ1n) is 4.57. The van der Waals surface area contributed by atoms with Crippen LogP contribution in [0.3, 0.4) is 0 Å². The molecule has 13 heavy (non-hydrogen) atoms. The molecule has 2 rings (SSSR count). The van der Waals surface area contributed by atoms with Crippen LogP contribution in [-0.2, 0) is 0 Å². The Labute approximate surface area is 79.6 Å². The van der Waals surface area contributed by atoms with Gasteiger partial charge >= 0.3 is 0 Å². The molecule has 0 nitrogen and oxygen atoms in total. The Bertz CT molecular complexity index is 376. The molecular formula is C13H13. The Kier molecular flexibility index (Phi) is 1.84. The van der Waals surface area contributed by atoms with Crippen molar-refractivity contribution in [3.05, 3.63) is 47.0 Å². The van der Waals surface area contributed by atoms with E-state index in [4.69, 9.17) is 0 Å². The van der Waals surface area contributed by atoms with Crippen molar-refractivity contribution in [1.82, 2.24) is 0 Å². The molecular weight excluding hydrogens is 156 g/mol. The van der Waals surface area contributed by atoms with Gasteiger partial charge < -0.3 is 0 Å². The minimum absolute atomic E-state index is 1.23. The highest BCUT2D eigenvalue weighted by atomic mass is 14.1. The molecule has 1 radical (unpaired) electrons. The van der Waals surface area contributed by atoms with Crippen molar-refractivity contribution < 1.29 is 0 Å². The largest absolute Gasteiger partial charge is 0.0617 e. The summed E-state index contributed by atoms with van der Waals surface area (Å²) in [5.41, 5.74) is 6.45. The number of hydrogen-bond donors (Lipinski definition) is 0. The highest BCUT2D eigenvalue weighted by Gasteiger charge is 2.08. The molecule has 0 aliphatic heterocycles. The van der Waals surface area contributed by atoms with Crippen molar-refractivity contribution in [2.75, 3.05) is 0 Å². The molecule has 0 bridgehead atoms. The van der Waals surface area contributed by atoms with Crippen LogP contribution < -0.4 is 0 Å². The Morgan fingerprint density at radius 1 is 1.00 bits per heavy atom. The fourth-order valence-corrected chi connectivity index (χ4v) is 1.72. The summed E-state index contributed by atoms with van der Waals surface area (Å²) in [6.45, 7) is 6.38. The maximum atomic E-state index is 3.39. The molecule has 0 saturated carbocycles. The van der Waals surface area contributed by atoms with Crippen molar-refractivity contribution in [3.8, 4) is 11.1 Å². The molecule has 0 heterocycles. The van der Waals surface area contributed by atoms with Crippen molar-refractivity contribution in [2.24, 2.45) is 0 Å². The first-order chi connectivity index (χ1) is 6.18. The lowest BCUT2D eigenvalue weighted by molar-refractivity contribution is 1.49. The average Bonchev–Trinajstić information content (AvgIpc) is 2.41. The van der Waals surface area contributed by atoms with Crippen molar-refractivity contribution in [1.29, 1.82) is 0 Å². The lowest BCUT2D eigenvalue weighted by atomic mass is 10.1. The lowest BCUT2D eigenvalue weighted by Crippen LogP contribution is -1.75. The molecule has 0 unspecified atom stereocenters. The zero-order valence-corrected chi connectivity index (χ0v) is 8.31. The molecule has 2 aliphatic carbocycles. The van der Waals surface area contributed by atoms with E-state index in [2.05, 4.69) is 51.1 Å². The average molecular weight is 169 g/mol. The van der Waals surface area contributed by atoms with Crippen LogP contribution in [0.25, 0.3) is 11.1 Å². The van der Waals surface area contributed by atoms with Gasteiger partial charge in [0.25, 0.3) is 0 Å². The van der Waals surface area contributed by atoms with Gasteiger partial charge in [0.05, 0.1) is 0 Å². The number of fused-ring (bicyclic) bond motifs is 1. The number of aryl methyl sites for hydroxylation is 3. The second-order valence-corrected chi connectivity index (χ2v) is 3.63. The molecule has 0 aromatic carbocycles. The van der Waals surface area contributed by atoms with E-state index in [0.717, 1.165) is 0 Å². The first kappa shape index (κ1) is 8.31. The summed E-state index contributed by atoms with van der Waals surface area (Å²) in [5.74, 6) is 0. The zero-order chi connectivity index (χ0) is 9.42. The fourth-order valence-electron chi connectivity index (χ4n) is 1.72. The third kappa shape index (κ3) is 1.33. The monoisotopic (exact) mass is 169 g/mol. The van der Waals surface area contributed by atoms with Crippen LogP contribution in [0.4, 0.5) is 0 Å². The number of hydrogen-bond acceptors (Lipinski definition) is 0. The zero-order valence-electron chi connectivity index (χ0n) is 8.31. The molecule has 0 saturated heterocycles. The standard InChI is InChI=1S/C13H13/c1-9-7-12-10(2)5-4-6-11(3)13(12)8-9/h4-7H,1-3H3. The molecule has 2 aliphatic rings. The van der Waals surface area contributed by atoms with Gasteiger partial charge in [-0.3, -0.25) is 0 Å². The molecule has 0 aromatic heterocycles. The van der Waals surface area contributed by atoms with Gasteiger partial charge in [0.1, 0.15) is 0 Å². The van der Waals surface area contributed by atoms with Crippen LogP contribution in [0.5, 0.6) is 0 Å². The Morgan fingerprint density at radius 3 is 2.46 bits per heavy atom. The quantitative estimate of drug-likeness (QED) is 0.566. The lowest BCUT2D eigenvalue weighted by Gasteiger charge is -1.98. The Hall–Kier alpha value is -1.30. The molecule has 0 aromatic rings. The van der Waals surface area contributed by atoms with Crippen LogP contribution in [0.1, 0.15) is 16.7 Å². The Balaban J connectivity index is 2.83. The van der Waals surface area contributed by atoms with Crippen LogP contribution in [0, 0.1) is 26.8 Å². The summed E-state index contributed by atoms with van der Waals surface area (Å²) < 4.78 is 0. The maximum absolute atomic E-state index is 3.39. The predicted molar refractivity (Wildman–Crippen MR) is 56.1 cm³/mol. The number of rotatable bonds is 0. The van der Waals surface area contributed by atoms with Crippen molar-refractivity contribution in [3.63, 3.8) is 0 Å². The maximum Gasteiger partial charge on any atom is -0.00641 e. The van der Waals surface area contributed by atoms with Crippen LogP contribution >= 0.6 is 0 Å². The van der Waals surface area contributed by atoms with Crippen molar-refractivity contribution in [2.45, 2.75) is 20.8 Å². The molecule has 0 atom stereocenters. The van der Waals surface area contributed by atoms with Gasteiger partial charge in [-0.05, 0) is 54.7 Å². The van der Waals surface area contributed by atoms with Gasteiger partial charge in [0, 0.05) is 0 Å². The third-order valence-corrected chi connectivity index (χ3v) is 2.46. The van der Waals surface area contributed by atoms with E-state index in [9.17, 15) is 0 Å². The summed E-state index contributed by atoms with van der Waals surface area (Å²) >= 11 is 0. The minimum atomic E-state index is 1.23. The van der Waals surface area contributed by atoms with Crippen LogP contribution in [-0.4, -0.2) is 0 Å². The summed E-state index contributed by atoms with van der Waals surface area (Å²) in [4.78, 5) is 0. The Morgan fingerprint density at radius 2 is 1.69 bits per heavy atom. The smallest absolute Gasteiger partial charge is 0.00641 e. The van der Waals surface area contributed by atoms with E-state index in [1.165, 1.54) is 27.8 Å². The van der Waals surface area contributed by atoms with E-state index in [-0.39, 0.29) is 0 Å². The summed E-state index contributed by atoms with van der Waals surface area (Å²) in [7, 11) is 0. The van der Waals surface area contributed by atoms with E-state index in [1.54, 1.807) is 0 Å². The summed E-state index contributed by atoms with van der Waals surface area (Å²) in [5, 5.41) is 0. The van der Waals surface area contributed by atoms with E-state index in [0.29, 0.717) is 0 Å². The van der Waals surface area contributed by atoms with Gasteiger partial charge in [-0.2, -0.15) is 0 Å². The molecule has 65 valence electrons. The predicted octanol–water partition coefficient (Wildman–Crippen LogP) is 3.52. The van der Waals surface area contributed by atoms with Crippen LogP contribution in [0.15, 0.2) is 24.3 Å². The molecule has 0 fully saturated rings. The molecule has 0 N–H and O–H groups in total. The van der Waals surface area contributed by atoms with Gasteiger partial charge in [0.2, 0.25) is 0 Å². The second-order valence-electron chi connectivity index (χ2n) is 3.63. The van der Waals surface area contributed by atoms with E-state index < -0.39 is 0 Å². The normalized spacial score (nSPS) is 10.7. The van der Waals surface area contributed by atoms with Gasteiger partial charge in [-0.25, -0.2) is 0 Å². The molecule has 0 amide bonds.